The molecule has 1 aromatic heterocycles. The van der Waals surface area contributed by atoms with E-state index >= 15 is 0 Å². The standard InChI is InChI=1S/C11H10FNO2/c12-4-6-13-5-3-8-7-9(11(14)15)1-2-10(8)13/h1-3,5,7H,4,6H2,(H,14,15). The van der Waals surface area contributed by atoms with Gasteiger partial charge in [-0.15, -0.1) is 0 Å². The van der Waals surface area contributed by atoms with Crippen LogP contribution in [0.1, 0.15) is 10.4 Å². The molecule has 78 valence electrons. The number of benzene rings is 1. The predicted octanol–water partition coefficient (Wildman–Crippen LogP) is 2.31. The van der Waals surface area contributed by atoms with E-state index in [4.69, 9.17) is 5.11 Å². The summed E-state index contributed by atoms with van der Waals surface area (Å²) in [6, 6.07) is 6.61. The van der Waals surface area contributed by atoms with Crippen LogP contribution in [-0.2, 0) is 6.54 Å². The van der Waals surface area contributed by atoms with Crippen LogP contribution in [0.5, 0.6) is 0 Å². The second-order valence-electron chi connectivity index (χ2n) is 3.28. The molecule has 1 N–H and O–H groups in total. The normalized spacial score (nSPS) is 10.7. The van der Waals surface area contributed by atoms with Crippen LogP contribution in [0.3, 0.4) is 0 Å². The smallest absolute Gasteiger partial charge is 0.335 e. The van der Waals surface area contributed by atoms with Gasteiger partial charge in [0.2, 0.25) is 0 Å². The molecule has 0 aliphatic heterocycles. The van der Waals surface area contributed by atoms with Crippen LogP contribution in [0.4, 0.5) is 4.39 Å². The molecule has 0 saturated heterocycles. The Kier molecular flexibility index (Phi) is 2.41. The van der Waals surface area contributed by atoms with Gasteiger partial charge in [0.05, 0.1) is 12.1 Å². The molecule has 0 saturated carbocycles. The fourth-order valence-corrected chi connectivity index (χ4v) is 1.62. The molecule has 0 amide bonds. The maximum atomic E-state index is 12.2. The van der Waals surface area contributed by atoms with Crippen LogP contribution >= 0.6 is 0 Å². The quantitative estimate of drug-likeness (QED) is 0.839. The highest BCUT2D eigenvalue weighted by Crippen LogP contribution is 2.17. The molecular formula is C11H10FNO2. The number of carboxylic acid groups (broad SMARTS) is 1. The van der Waals surface area contributed by atoms with Gasteiger partial charge in [0, 0.05) is 17.1 Å². The topological polar surface area (TPSA) is 42.2 Å². The Morgan fingerprint density at radius 3 is 2.87 bits per heavy atom. The maximum Gasteiger partial charge on any atom is 0.335 e. The lowest BCUT2D eigenvalue weighted by Gasteiger charge is -2.01. The summed E-state index contributed by atoms with van der Waals surface area (Å²) in [5, 5.41) is 9.61. The molecule has 0 aliphatic carbocycles. The van der Waals surface area contributed by atoms with Crippen molar-refractivity contribution in [2.24, 2.45) is 0 Å². The Hall–Kier alpha value is -1.84. The molecule has 0 spiro atoms. The predicted molar refractivity (Wildman–Crippen MR) is 54.9 cm³/mol. The number of carboxylic acids is 1. The number of hydrogen-bond donors (Lipinski definition) is 1. The summed E-state index contributed by atoms with van der Waals surface area (Å²) < 4.78 is 13.9. The first kappa shape index (κ1) is 9.71. The zero-order valence-electron chi connectivity index (χ0n) is 7.98. The minimum absolute atomic E-state index is 0.250. The lowest BCUT2D eigenvalue weighted by atomic mass is 10.1. The maximum absolute atomic E-state index is 12.2. The van der Waals surface area contributed by atoms with Gasteiger partial charge in [-0.05, 0) is 24.3 Å². The van der Waals surface area contributed by atoms with Gasteiger partial charge >= 0.3 is 5.97 Å². The van der Waals surface area contributed by atoms with Crippen LogP contribution in [-0.4, -0.2) is 22.3 Å². The molecule has 2 rings (SSSR count). The molecule has 1 heterocycles. The minimum atomic E-state index is -0.949. The molecule has 3 nitrogen and oxygen atoms in total. The second-order valence-corrected chi connectivity index (χ2v) is 3.28. The third-order valence-corrected chi connectivity index (χ3v) is 2.34. The molecule has 2 aromatic rings. The Morgan fingerprint density at radius 1 is 1.40 bits per heavy atom. The number of hydrogen-bond acceptors (Lipinski definition) is 1. The van der Waals surface area contributed by atoms with Gasteiger partial charge in [-0.1, -0.05) is 0 Å². The number of aromatic carboxylic acids is 1. The summed E-state index contributed by atoms with van der Waals surface area (Å²) in [6.07, 6.45) is 1.76. The van der Waals surface area contributed by atoms with Crippen molar-refractivity contribution in [1.29, 1.82) is 0 Å². The Morgan fingerprint density at radius 2 is 2.20 bits per heavy atom. The number of rotatable bonds is 3. The van der Waals surface area contributed by atoms with E-state index in [1.807, 2.05) is 0 Å². The van der Waals surface area contributed by atoms with Crippen LogP contribution in [0, 0.1) is 0 Å². The van der Waals surface area contributed by atoms with Crippen LogP contribution in [0.2, 0.25) is 0 Å². The Labute approximate surface area is 85.7 Å². The minimum Gasteiger partial charge on any atom is -0.478 e. The van der Waals surface area contributed by atoms with Gasteiger partial charge in [0.25, 0.3) is 0 Å². The summed E-state index contributed by atoms with van der Waals surface area (Å²) >= 11 is 0. The fourth-order valence-electron chi connectivity index (χ4n) is 1.62. The van der Waals surface area contributed by atoms with E-state index in [0.29, 0.717) is 6.54 Å². The fraction of sp³-hybridized carbons (Fsp3) is 0.182. The molecule has 0 atom stereocenters. The van der Waals surface area contributed by atoms with Crippen molar-refractivity contribution in [3.63, 3.8) is 0 Å². The van der Waals surface area contributed by atoms with Crippen molar-refractivity contribution in [3.8, 4) is 0 Å². The highest BCUT2D eigenvalue weighted by molar-refractivity contribution is 5.93. The molecule has 0 bridgehead atoms. The van der Waals surface area contributed by atoms with Gasteiger partial charge in [-0.2, -0.15) is 0 Å². The van der Waals surface area contributed by atoms with Gasteiger partial charge in [0.15, 0.2) is 0 Å². The number of carbonyl (C=O) groups is 1. The first-order valence-corrected chi connectivity index (χ1v) is 4.60. The summed E-state index contributed by atoms with van der Waals surface area (Å²) in [4.78, 5) is 10.7. The molecule has 0 aliphatic rings. The summed E-state index contributed by atoms with van der Waals surface area (Å²) in [6.45, 7) is -0.125. The van der Waals surface area contributed by atoms with Gasteiger partial charge in [-0.3, -0.25) is 0 Å². The van der Waals surface area contributed by atoms with Crippen LogP contribution in [0.15, 0.2) is 30.5 Å². The summed E-state index contributed by atoms with van der Waals surface area (Å²) in [5.74, 6) is -0.949. The molecular weight excluding hydrogens is 197 g/mol. The van der Waals surface area contributed by atoms with E-state index in [9.17, 15) is 9.18 Å². The van der Waals surface area contributed by atoms with Crippen molar-refractivity contribution >= 4 is 16.9 Å². The number of aryl methyl sites for hydroxylation is 1. The number of alkyl halides is 1. The highest BCUT2D eigenvalue weighted by atomic mass is 19.1. The SMILES string of the molecule is O=C(O)c1ccc2c(ccn2CCF)c1. The first-order chi connectivity index (χ1) is 7.22. The molecule has 0 fully saturated rings. The average molecular weight is 207 g/mol. The Bertz CT molecular complexity index is 504. The van der Waals surface area contributed by atoms with E-state index in [1.54, 1.807) is 29.0 Å². The van der Waals surface area contributed by atoms with Crippen LogP contribution in [0.25, 0.3) is 10.9 Å². The van der Waals surface area contributed by atoms with Crippen molar-refractivity contribution in [1.82, 2.24) is 4.57 Å². The van der Waals surface area contributed by atoms with E-state index in [1.165, 1.54) is 6.07 Å². The third kappa shape index (κ3) is 1.70. The molecule has 0 radical (unpaired) electrons. The van der Waals surface area contributed by atoms with Gasteiger partial charge in [0.1, 0.15) is 6.67 Å². The highest BCUT2D eigenvalue weighted by Gasteiger charge is 2.05. The number of aromatic nitrogens is 1. The monoisotopic (exact) mass is 207 g/mol. The third-order valence-electron chi connectivity index (χ3n) is 2.34. The van der Waals surface area contributed by atoms with Gasteiger partial charge < -0.3 is 9.67 Å². The van der Waals surface area contributed by atoms with E-state index < -0.39 is 12.6 Å². The van der Waals surface area contributed by atoms with Gasteiger partial charge in [-0.25, -0.2) is 9.18 Å². The molecule has 0 unspecified atom stereocenters. The van der Waals surface area contributed by atoms with Crippen LogP contribution < -0.4 is 0 Å². The zero-order chi connectivity index (χ0) is 10.8. The number of nitrogens with zero attached hydrogens (tertiary/aromatic N) is 1. The van der Waals surface area contributed by atoms with Crippen molar-refractivity contribution < 1.29 is 14.3 Å². The lowest BCUT2D eigenvalue weighted by molar-refractivity contribution is 0.0697. The second kappa shape index (κ2) is 3.73. The average Bonchev–Trinajstić information content (AvgIpc) is 2.61. The molecule has 1 aromatic carbocycles. The number of halogens is 1. The van der Waals surface area contributed by atoms with E-state index in [-0.39, 0.29) is 5.56 Å². The van der Waals surface area contributed by atoms with Crippen molar-refractivity contribution in [2.45, 2.75) is 6.54 Å². The summed E-state index contributed by atoms with van der Waals surface area (Å²) in [7, 11) is 0. The van der Waals surface area contributed by atoms with Crippen molar-refractivity contribution in [3.05, 3.63) is 36.0 Å². The van der Waals surface area contributed by atoms with E-state index in [0.717, 1.165) is 10.9 Å². The van der Waals surface area contributed by atoms with Crippen molar-refractivity contribution in [2.75, 3.05) is 6.67 Å². The van der Waals surface area contributed by atoms with E-state index in [2.05, 4.69) is 0 Å². The number of fused-ring (bicyclic) bond motifs is 1. The molecule has 15 heavy (non-hydrogen) atoms. The zero-order valence-corrected chi connectivity index (χ0v) is 7.98. The Balaban J connectivity index is 2.51. The molecule has 4 heteroatoms. The largest absolute Gasteiger partial charge is 0.478 e. The summed E-state index contributed by atoms with van der Waals surface area (Å²) in [5.41, 5.74) is 1.11. The first-order valence-electron chi connectivity index (χ1n) is 4.60. The lowest BCUT2D eigenvalue weighted by Crippen LogP contribution is -1.98.